The Hall–Kier alpha value is -1.48. The lowest BCUT2D eigenvalue weighted by atomic mass is 10.1. The number of hydrogen-bond donors (Lipinski definition) is 2. The fraction of sp³-hybridized carbons (Fsp3) is 0.100. The van der Waals surface area contributed by atoms with E-state index in [2.05, 4.69) is 0 Å². The van der Waals surface area contributed by atoms with Gasteiger partial charge in [0.25, 0.3) is 0 Å². The van der Waals surface area contributed by atoms with Crippen LogP contribution >= 0.6 is 11.6 Å². The number of carboxylic acids is 1. The maximum absolute atomic E-state index is 10.3. The quantitative estimate of drug-likeness (QED) is 0.750. The lowest BCUT2D eigenvalue weighted by molar-refractivity contribution is -0.131. The summed E-state index contributed by atoms with van der Waals surface area (Å²) in [5.74, 6) is -1.04. The van der Waals surface area contributed by atoms with Crippen LogP contribution < -0.4 is 5.73 Å². The van der Waals surface area contributed by atoms with Gasteiger partial charge in [-0.25, -0.2) is 4.79 Å². The van der Waals surface area contributed by atoms with E-state index in [1.807, 2.05) is 6.07 Å². The van der Waals surface area contributed by atoms with Crippen LogP contribution in [0.4, 0.5) is 0 Å². The average Bonchev–Trinajstić information content (AvgIpc) is 2.01. The van der Waals surface area contributed by atoms with Gasteiger partial charge in [0, 0.05) is 23.2 Å². The highest BCUT2D eigenvalue weighted by Crippen LogP contribution is 2.12. The van der Waals surface area contributed by atoms with Gasteiger partial charge in [-0.05, 0) is 17.7 Å². The molecular formula is C10H10ClNO2. The van der Waals surface area contributed by atoms with Gasteiger partial charge in [-0.1, -0.05) is 23.7 Å². The van der Waals surface area contributed by atoms with Crippen LogP contribution in [0.25, 0.3) is 0 Å². The minimum Gasteiger partial charge on any atom is -0.478 e. The summed E-state index contributed by atoms with van der Waals surface area (Å²) < 4.78 is 0. The Bertz CT molecular complexity index is 374. The molecule has 1 aromatic carbocycles. The highest BCUT2D eigenvalue weighted by Gasteiger charge is 1.98. The highest BCUT2D eigenvalue weighted by molar-refractivity contribution is 6.30. The third-order valence-electron chi connectivity index (χ3n) is 1.61. The van der Waals surface area contributed by atoms with E-state index in [1.54, 1.807) is 18.2 Å². The minimum absolute atomic E-state index is 0.305. The first kappa shape index (κ1) is 10.6. The molecule has 0 amide bonds. The van der Waals surface area contributed by atoms with Gasteiger partial charge in [-0.3, -0.25) is 0 Å². The molecule has 1 rings (SSSR count). The van der Waals surface area contributed by atoms with E-state index in [-0.39, 0.29) is 0 Å². The molecule has 74 valence electrons. The van der Waals surface area contributed by atoms with Gasteiger partial charge >= 0.3 is 5.97 Å². The number of rotatable bonds is 3. The van der Waals surface area contributed by atoms with Crippen LogP contribution in [0.5, 0.6) is 0 Å². The molecule has 3 nitrogen and oxygen atoms in total. The van der Waals surface area contributed by atoms with E-state index in [4.69, 9.17) is 22.4 Å². The third-order valence-corrected chi connectivity index (χ3v) is 1.84. The van der Waals surface area contributed by atoms with Gasteiger partial charge in [0.05, 0.1) is 0 Å². The van der Waals surface area contributed by atoms with Crippen LogP contribution in [0, 0.1) is 0 Å². The van der Waals surface area contributed by atoms with E-state index in [0.717, 1.165) is 11.6 Å². The molecule has 0 heterocycles. The molecule has 0 aliphatic rings. The number of carbonyl (C=O) groups is 1. The van der Waals surface area contributed by atoms with Crippen molar-refractivity contribution >= 4 is 17.6 Å². The Morgan fingerprint density at radius 3 is 2.86 bits per heavy atom. The smallest absolute Gasteiger partial charge is 0.330 e. The van der Waals surface area contributed by atoms with Crippen LogP contribution in [-0.2, 0) is 11.2 Å². The van der Waals surface area contributed by atoms with Gasteiger partial charge in [-0.2, -0.15) is 0 Å². The normalized spacial score (nSPS) is 11.4. The fourth-order valence-electron chi connectivity index (χ4n) is 1.09. The Labute approximate surface area is 86.8 Å². The average molecular weight is 212 g/mol. The zero-order valence-corrected chi connectivity index (χ0v) is 8.16. The summed E-state index contributed by atoms with van der Waals surface area (Å²) in [5, 5.41) is 9.05. The van der Waals surface area contributed by atoms with Crippen molar-refractivity contribution in [3.05, 3.63) is 46.6 Å². The third kappa shape index (κ3) is 3.49. The number of hydrogen-bond acceptors (Lipinski definition) is 2. The zero-order valence-electron chi connectivity index (χ0n) is 7.40. The summed E-state index contributed by atoms with van der Waals surface area (Å²) in [5.41, 5.74) is 6.70. The van der Waals surface area contributed by atoms with Gasteiger partial charge in [0.2, 0.25) is 0 Å². The Balaban J connectivity index is 2.74. The van der Waals surface area contributed by atoms with Crippen molar-refractivity contribution in [3.63, 3.8) is 0 Å². The summed E-state index contributed by atoms with van der Waals surface area (Å²) >= 11 is 5.76. The van der Waals surface area contributed by atoms with Crippen LogP contribution in [-0.4, -0.2) is 11.1 Å². The maximum atomic E-state index is 10.3. The zero-order chi connectivity index (χ0) is 10.6. The Morgan fingerprint density at radius 2 is 2.29 bits per heavy atom. The molecule has 0 saturated heterocycles. The molecule has 14 heavy (non-hydrogen) atoms. The molecule has 0 aliphatic carbocycles. The SMILES string of the molecule is N/C(=C\C(=O)O)Cc1cccc(Cl)c1. The fourth-order valence-corrected chi connectivity index (χ4v) is 1.31. The second kappa shape index (κ2) is 4.67. The van der Waals surface area contributed by atoms with Gasteiger partial charge < -0.3 is 10.8 Å². The van der Waals surface area contributed by atoms with Crippen molar-refractivity contribution in [2.45, 2.75) is 6.42 Å². The number of halogens is 1. The first-order valence-corrected chi connectivity index (χ1v) is 4.39. The number of benzene rings is 1. The van der Waals surface area contributed by atoms with E-state index in [1.165, 1.54) is 0 Å². The Kier molecular flexibility index (Phi) is 3.54. The molecule has 0 aliphatic heterocycles. The number of aliphatic carboxylic acids is 1. The molecule has 0 unspecified atom stereocenters. The summed E-state index contributed by atoms with van der Waals surface area (Å²) in [6, 6.07) is 7.15. The maximum Gasteiger partial charge on any atom is 0.330 e. The predicted octanol–water partition coefficient (Wildman–Crippen LogP) is 1.81. The van der Waals surface area contributed by atoms with Crippen molar-refractivity contribution < 1.29 is 9.90 Å². The van der Waals surface area contributed by atoms with Crippen LogP contribution in [0.3, 0.4) is 0 Å². The number of nitrogens with two attached hydrogens (primary N) is 1. The van der Waals surface area contributed by atoms with E-state index >= 15 is 0 Å². The van der Waals surface area contributed by atoms with Crippen molar-refractivity contribution in [2.75, 3.05) is 0 Å². The monoisotopic (exact) mass is 211 g/mol. The molecule has 0 fully saturated rings. The topological polar surface area (TPSA) is 63.3 Å². The van der Waals surface area contributed by atoms with E-state index in [9.17, 15) is 4.79 Å². The minimum atomic E-state index is -1.04. The van der Waals surface area contributed by atoms with Gasteiger partial charge in [0.1, 0.15) is 0 Å². The Morgan fingerprint density at radius 1 is 1.57 bits per heavy atom. The van der Waals surface area contributed by atoms with Crippen molar-refractivity contribution in [1.29, 1.82) is 0 Å². The second-order valence-corrected chi connectivity index (χ2v) is 3.30. The number of allylic oxidation sites excluding steroid dienone is 1. The first-order valence-electron chi connectivity index (χ1n) is 4.01. The van der Waals surface area contributed by atoms with Gasteiger partial charge in [0.15, 0.2) is 0 Å². The molecule has 0 radical (unpaired) electrons. The second-order valence-electron chi connectivity index (χ2n) is 2.86. The van der Waals surface area contributed by atoms with Crippen molar-refractivity contribution in [3.8, 4) is 0 Å². The summed E-state index contributed by atoms with van der Waals surface area (Å²) in [6.07, 6.45) is 1.38. The van der Waals surface area contributed by atoms with Crippen LogP contribution in [0.15, 0.2) is 36.0 Å². The summed E-state index contributed by atoms with van der Waals surface area (Å²) in [6.45, 7) is 0. The predicted molar refractivity (Wildman–Crippen MR) is 55.1 cm³/mol. The molecule has 0 bridgehead atoms. The summed E-state index contributed by atoms with van der Waals surface area (Å²) in [7, 11) is 0. The van der Waals surface area contributed by atoms with E-state index < -0.39 is 5.97 Å². The summed E-state index contributed by atoms with van der Waals surface area (Å²) in [4.78, 5) is 10.3. The van der Waals surface area contributed by atoms with Gasteiger partial charge in [-0.15, -0.1) is 0 Å². The molecule has 0 saturated carbocycles. The first-order chi connectivity index (χ1) is 6.58. The molecule has 0 aromatic heterocycles. The molecule has 1 aromatic rings. The highest BCUT2D eigenvalue weighted by atomic mass is 35.5. The number of carboxylic acid groups (broad SMARTS) is 1. The molecule has 0 atom stereocenters. The van der Waals surface area contributed by atoms with E-state index in [0.29, 0.717) is 17.1 Å². The lowest BCUT2D eigenvalue weighted by Crippen LogP contribution is -2.04. The molecule has 0 spiro atoms. The molecule has 4 heteroatoms. The molecule has 3 N–H and O–H groups in total. The van der Waals surface area contributed by atoms with Crippen molar-refractivity contribution in [1.82, 2.24) is 0 Å². The lowest BCUT2D eigenvalue weighted by Gasteiger charge is -2.01. The standard InChI is InChI=1S/C10H10ClNO2/c11-8-3-1-2-7(4-8)5-9(12)6-10(13)14/h1-4,6H,5,12H2,(H,13,14)/b9-6-. The molecular weight excluding hydrogens is 202 g/mol. The van der Waals surface area contributed by atoms with Crippen LogP contribution in [0.2, 0.25) is 5.02 Å². The van der Waals surface area contributed by atoms with Crippen LogP contribution in [0.1, 0.15) is 5.56 Å². The van der Waals surface area contributed by atoms with Crippen molar-refractivity contribution in [2.24, 2.45) is 5.73 Å². The largest absolute Gasteiger partial charge is 0.478 e.